The van der Waals surface area contributed by atoms with Crippen LogP contribution < -0.4 is 0 Å². The lowest BCUT2D eigenvalue weighted by Gasteiger charge is -2.28. The second kappa shape index (κ2) is 15.8. The summed E-state index contributed by atoms with van der Waals surface area (Å²) in [6, 6.07) is 0. The normalized spacial score (nSPS) is 11.4. The Kier molecular flexibility index (Phi) is 17.9. The Morgan fingerprint density at radius 2 is 0.800 bits per heavy atom. The number of unbranched alkanes of at least 4 members (excludes halogenated alkanes) is 6. The molecule has 0 aromatic carbocycles. The van der Waals surface area contributed by atoms with Gasteiger partial charge in [0.05, 0.1) is 24.6 Å². The Morgan fingerprint density at radius 3 is 1.15 bits per heavy atom. The SMILES string of the molecule is CCCCCC[P+](CCCC)(CCCC)CCCC.[OH-]. The van der Waals surface area contributed by atoms with Gasteiger partial charge in [-0.2, -0.15) is 0 Å². The molecule has 0 aromatic rings. The van der Waals surface area contributed by atoms with Gasteiger partial charge in [0.2, 0.25) is 0 Å². The summed E-state index contributed by atoms with van der Waals surface area (Å²) in [5, 5.41) is 0. The van der Waals surface area contributed by atoms with E-state index in [1.165, 1.54) is 64.2 Å². The molecule has 0 bridgehead atoms. The van der Waals surface area contributed by atoms with Crippen molar-refractivity contribution < 1.29 is 5.48 Å². The average molecular weight is 304 g/mol. The van der Waals surface area contributed by atoms with Gasteiger partial charge >= 0.3 is 0 Å². The maximum atomic E-state index is 2.37. The van der Waals surface area contributed by atoms with Gasteiger partial charge < -0.3 is 5.48 Å². The van der Waals surface area contributed by atoms with Gasteiger partial charge in [-0.15, -0.1) is 0 Å². The molecular formula is C18H41OP. The molecule has 0 unspecified atom stereocenters. The number of rotatable bonds is 14. The van der Waals surface area contributed by atoms with Crippen molar-refractivity contribution >= 4 is 7.26 Å². The van der Waals surface area contributed by atoms with Crippen molar-refractivity contribution in [2.75, 3.05) is 24.6 Å². The molecule has 0 aliphatic heterocycles. The standard InChI is InChI=1S/C18H40P.H2O/c1-5-9-13-14-18-19(15-10-6-2,16-11-7-3)17-12-8-4;/h5-18H2,1-4H3;1H2/q+1;/p-1. The molecule has 0 heterocycles. The molecule has 0 fully saturated rings. The van der Waals surface area contributed by atoms with Crippen LogP contribution in [0, 0.1) is 0 Å². The van der Waals surface area contributed by atoms with Crippen molar-refractivity contribution in [2.24, 2.45) is 0 Å². The highest BCUT2D eigenvalue weighted by atomic mass is 31.2. The molecule has 0 spiro atoms. The quantitative estimate of drug-likeness (QED) is 0.256. The minimum absolute atomic E-state index is 0. The molecule has 0 aliphatic rings. The third-order valence-corrected chi connectivity index (χ3v) is 9.50. The lowest BCUT2D eigenvalue weighted by Crippen LogP contribution is -2.12. The van der Waals surface area contributed by atoms with E-state index in [0.29, 0.717) is 0 Å². The third-order valence-electron chi connectivity index (χ3n) is 4.44. The molecule has 0 saturated carbocycles. The van der Waals surface area contributed by atoms with Gasteiger partial charge in [-0.1, -0.05) is 59.8 Å². The fourth-order valence-corrected chi connectivity index (χ4v) is 8.22. The summed E-state index contributed by atoms with van der Waals surface area (Å²) in [4.78, 5) is 0. The smallest absolute Gasteiger partial charge is 0.0594 e. The molecule has 1 N–H and O–H groups in total. The van der Waals surface area contributed by atoms with Crippen LogP contribution in [0.4, 0.5) is 0 Å². The van der Waals surface area contributed by atoms with Crippen molar-refractivity contribution in [3.63, 3.8) is 0 Å². The van der Waals surface area contributed by atoms with Crippen molar-refractivity contribution in [1.82, 2.24) is 0 Å². The zero-order chi connectivity index (χ0) is 14.4. The topological polar surface area (TPSA) is 30.0 Å². The molecule has 0 aromatic heterocycles. The summed E-state index contributed by atoms with van der Waals surface area (Å²) in [6.45, 7) is 9.43. The first-order valence-corrected chi connectivity index (χ1v) is 11.6. The van der Waals surface area contributed by atoms with Crippen LogP contribution in [-0.4, -0.2) is 30.1 Å². The van der Waals surface area contributed by atoms with E-state index in [-0.39, 0.29) is 5.48 Å². The Hall–Kier alpha value is 0.390. The Labute approximate surface area is 130 Å². The molecule has 0 amide bonds. The van der Waals surface area contributed by atoms with Crippen molar-refractivity contribution in [3.8, 4) is 0 Å². The van der Waals surface area contributed by atoms with Gasteiger partial charge in [0.15, 0.2) is 0 Å². The molecular weight excluding hydrogens is 263 g/mol. The molecule has 0 aliphatic carbocycles. The van der Waals surface area contributed by atoms with E-state index in [9.17, 15) is 0 Å². The molecule has 1 nitrogen and oxygen atoms in total. The molecule has 0 atom stereocenters. The predicted molar refractivity (Wildman–Crippen MR) is 97.2 cm³/mol. The van der Waals surface area contributed by atoms with Crippen LogP contribution in [0.15, 0.2) is 0 Å². The summed E-state index contributed by atoms with van der Waals surface area (Å²) < 4.78 is 0. The number of hydrogen-bond acceptors (Lipinski definition) is 1. The minimum atomic E-state index is -0.586. The van der Waals surface area contributed by atoms with Gasteiger partial charge in [-0.3, -0.25) is 0 Å². The van der Waals surface area contributed by atoms with Crippen LogP contribution in [0.2, 0.25) is 0 Å². The summed E-state index contributed by atoms with van der Waals surface area (Å²) in [5.41, 5.74) is 0. The lowest BCUT2D eigenvalue weighted by atomic mass is 10.2. The fraction of sp³-hybridized carbons (Fsp3) is 1.00. The van der Waals surface area contributed by atoms with E-state index >= 15 is 0 Å². The molecule has 0 saturated heterocycles. The van der Waals surface area contributed by atoms with E-state index in [4.69, 9.17) is 0 Å². The van der Waals surface area contributed by atoms with Crippen LogP contribution >= 0.6 is 7.26 Å². The largest absolute Gasteiger partial charge is 0.870 e. The first-order valence-electron chi connectivity index (χ1n) is 9.09. The molecule has 124 valence electrons. The van der Waals surface area contributed by atoms with Gasteiger partial charge in [-0.25, -0.2) is 0 Å². The molecule has 0 radical (unpaired) electrons. The van der Waals surface area contributed by atoms with Gasteiger partial charge in [-0.05, 0) is 32.1 Å². The van der Waals surface area contributed by atoms with E-state index in [0.717, 1.165) is 0 Å². The van der Waals surface area contributed by atoms with Crippen LogP contribution in [-0.2, 0) is 0 Å². The zero-order valence-corrected chi connectivity index (χ0v) is 15.7. The minimum Gasteiger partial charge on any atom is -0.870 e. The second-order valence-corrected chi connectivity index (χ2v) is 10.8. The highest BCUT2D eigenvalue weighted by Crippen LogP contribution is 2.61. The van der Waals surface area contributed by atoms with Crippen molar-refractivity contribution in [3.05, 3.63) is 0 Å². The summed E-state index contributed by atoms with van der Waals surface area (Å²) in [6.07, 6.45) is 21.0. The molecule has 20 heavy (non-hydrogen) atoms. The third kappa shape index (κ3) is 11.1. The molecule has 2 heteroatoms. The van der Waals surface area contributed by atoms with Crippen molar-refractivity contribution in [2.45, 2.75) is 91.9 Å². The average Bonchev–Trinajstić information content (AvgIpc) is 2.44. The zero-order valence-electron chi connectivity index (χ0n) is 14.8. The van der Waals surface area contributed by atoms with Gasteiger partial charge in [0.25, 0.3) is 0 Å². The first kappa shape index (κ1) is 22.7. The van der Waals surface area contributed by atoms with E-state index in [2.05, 4.69) is 27.7 Å². The summed E-state index contributed by atoms with van der Waals surface area (Å²) in [5.74, 6) is 0. The second-order valence-electron chi connectivity index (χ2n) is 6.36. The highest BCUT2D eigenvalue weighted by molar-refractivity contribution is 7.75. The van der Waals surface area contributed by atoms with E-state index in [1.807, 2.05) is 0 Å². The van der Waals surface area contributed by atoms with Crippen LogP contribution in [0.5, 0.6) is 0 Å². The van der Waals surface area contributed by atoms with Crippen molar-refractivity contribution in [1.29, 1.82) is 0 Å². The Bertz CT molecular complexity index is 160. The fourth-order valence-electron chi connectivity index (χ4n) is 3.03. The monoisotopic (exact) mass is 304 g/mol. The van der Waals surface area contributed by atoms with Crippen LogP contribution in [0.1, 0.15) is 91.9 Å². The predicted octanol–water partition coefficient (Wildman–Crippen LogP) is 6.81. The van der Waals surface area contributed by atoms with Crippen LogP contribution in [0.3, 0.4) is 0 Å². The highest BCUT2D eigenvalue weighted by Gasteiger charge is 2.34. The van der Waals surface area contributed by atoms with E-state index < -0.39 is 7.26 Å². The summed E-state index contributed by atoms with van der Waals surface area (Å²) >= 11 is 0. The van der Waals surface area contributed by atoms with Crippen LogP contribution in [0.25, 0.3) is 0 Å². The Morgan fingerprint density at radius 1 is 0.450 bits per heavy atom. The number of hydrogen-bond donors (Lipinski definition) is 0. The Balaban J connectivity index is 0. The molecule has 0 rings (SSSR count). The van der Waals surface area contributed by atoms with Gasteiger partial charge in [0.1, 0.15) is 0 Å². The lowest BCUT2D eigenvalue weighted by molar-refractivity contribution is 0.699. The van der Waals surface area contributed by atoms with E-state index in [1.54, 1.807) is 24.6 Å². The maximum Gasteiger partial charge on any atom is 0.0594 e. The maximum absolute atomic E-state index is 2.37. The van der Waals surface area contributed by atoms with Gasteiger partial charge in [0, 0.05) is 7.26 Å². The summed E-state index contributed by atoms with van der Waals surface area (Å²) in [7, 11) is -0.586. The first-order chi connectivity index (χ1) is 9.24.